The number of para-hydroxylation sites is 2. The molecule has 3 aromatic heterocycles. The molecule has 0 aliphatic rings. The summed E-state index contributed by atoms with van der Waals surface area (Å²) in [6.07, 6.45) is 1.71. The van der Waals surface area contributed by atoms with E-state index in [2.05, 4.69) is 15.9 Å². The molecule has 0 saturated heterocycles. The van der Waals surface area contributed by atoms with Crippen LogP contribution in [0.3, 0.4) is 0 Å². The standard InChI is InChI=1S/C30H24BrN5O3S/c1-19-28(29(37)36(34(19)2)23-10-5-4-6-11-23)33-30-35(32-17-21-15-22(31)13-14-25(21)38-3)24(18-40-30)27-16-20-9-7-8-12-26(20)39-27/h4-18H,1-3H3. The first-order valence-electron chi connectivity index (χ1n) is 12.4. The second-order valence-corrected chi connectivity index (χ2v) is 10.8. The maximum absolute atomic E-state index is 13.6. The lowest BCUT2D eigenvalue weighted by atomic mass is 10.2. The molecule has 0 fully saturated rings. The molecular formula is C30H24BrN5O3S. The molecule has 3 heterocycles. The van der Waals surface area contributed by atoms with Crippen LogP contribution in [0.5, 0.6) is 5.75 Å². The molecule has 6 rings (SSSR count). The van der Waals surface area contributed by atoms with Gasteiger partial charge in [-0.3, -0.25) is 9.48 Å². The van der Waals surface area contributed by atoms with Crippen molar-refractivity contribution in [2.24, 2.45) is 17.1 Å². The van der Waals surface area contributed by atoms with Crippen LogP contribution in [0.1, 0.15) is 11.3 Å². The Bertz CT molecular complexity index is 1980. The van der Waals surface area contributed by atoms with Crippen LogP contribution in [0.2, 0.25) is 0 Å². The molecule has 0 N–H and O–H groups in total. The van der Waals surface area contributed by atoms with Crippen LogP contribution in [-0.4, -0.2) is 27.4 Å². The summed E-state index contributed by atoms with van der Waals surface area (Å²) in [5.74, 6) is 1.32. The molecule has 6 aromatic rings. The van der Waals surface area contributed by atoms with Gasteiger partial charge in [-0.25, -0.2) is 14.4 Å². The first-order chi connectivity index (χ1) is 19.4. The lowest BCUT2D eigenvalue weighted by Crippen LogP contribution is -2.19. The molecule has 0 aliphatic carbocycles. The van der Waals surface area contributed by atoms with E-state index in [0.29, 0.717) is 27.7 Å². The molecule has 0 spiro atoms. The Hall–Kier alpha value is -4.41. The molecule has 0 bridgehead atoms. The fourth-order valence-corrected chi connectivity index (χ4v) is 5.67. The van der Waals surface area contributed by atoms with Gasteiger partial charge in [0.15, 0.2) is 11.4 Å². The van der Waals surface area contributed by atoms with Crippen LogP contribution >= 0.6 is 27.3 Å². The molecule has 0 aliphatic heterocycles. The van der Waals surface area contributed by atoms with Gasteiger partial charge in [-0.1, -0.05) is 52.3 Å². The second-order valence-electron chi connectivity index (χ2n) is 9.02. The summed E-state index contributed by atoms with van der Waals surface area (Å²) in [6.45, 7) is 1.88. The summed E-state index contributed by atoms with van der Waals surface area (Å²) >= 11 is 4.90. The largest absolute Gasteiger partial charge is 0.496 e. The zero-order valence-corrected chi connectivity index (χ0v) is 24.3. The highest BCUT2D eigenvalue weighted by atomic mass is 79.9. The van der Waals surface area contributed by atoms with E-state index < -0.39 is 0 Å². The van der Waals surface area contributed by atoms with E-state index in [0.717, 1.165) is 32.4 Å². The minimum atomic E-state index is -0.214. The molecule has 40 heavy (non-hydrogen) atoms. The number of aromatic nitrogens is 3. The van der Waals surface area contributed by atoms with Crippen LogP contribution in [0.25, 0.3) is 28.1 Å². The number of furan rings is 1. The number of nitrogens with zero attached hydrogens (tertiary/aromatic N) is 5. The second kappa shape index (κ2) is 10.6. The Morgan fingerprint density at radius 1 is 1.02 bits per heavy atom. The fraction of sp³-hybridized carbons (Fsp3) is 0.100. The van der Waals surface area contributed by atoms with Crippen LogP contribution in [0.15, 0.2) is 108 Å². The number of hydrogen-bond donors (Lipinski definition) is 0. The van der Waals surface area contributed by atoms with Crippen molar-refractivity contribution in [1.29, 1.82) is 0 Å². The van der Waals surface area contributed by atoms with Crippen molar-refractivity contribution in [2.45, 2.75) is 6.92 Å². The summed E-state index contributed by atoms with van der Waals surface area (Å²) in [4.78, 5) is 19.0. The first-order valence-corrected chi connectivity index (χ1v) is 14.1. The van der Waals surface area contributed by atoms with Crippen molar-refractivity contribution < 1.29 is 9.15 Å². The Labute approximate surface area is 241 Å². The lowest BCUT2D eigenvalue weighted by molar-refractivity contribution is 0.414. The van der Waals surface area contributed by atoms with Crippen molar-refractivity contribution in [3.05, 3.63) is 115 Å². The molecule has 8 nitrogen and oxygen atoms in total. The van der Waals surface area contributed by atoms with Crippen molar-refractivity contribution in [3.63, 3.8) is 0 Å². The predicted molar refractivity (Wildman–Crippen MR) is 162 cm³/mol. The summed E-state index contributed by atoms with van der Waals surface area (Å²) in [7, 11) is 3.47. The Kier molecular flexibility index (Phi) is 6.87. The van der Waals surface area contributed by atoms with E-state index in [1.807, 2.05) is 103 Å². The zero-order valence-electron chi connectivity index (χ0n) is 21.9. The maximum atomic E-state index is 13.6. The van der Waals surface area contributed by atoms with Crippen molar-refractivity contribution >= 4 is 50.1 Å². The third-order valence-electron chi connectivity index (χ3n) is 6.60. The smallest absolute Gasteiger partial charge is 0.297 e. The molecule has 0 radical (unpaired) electrons. The van der Waals surface area contributed by atoms with E-state index >= 15 is 0 Å². The van der Waals surface area contributed by atoms with Gasteiger partial charge in [0, 0.05) is 27.9 Å². The van der Waals surface area contributed by atoms with E-state index in [9.17, 15) is 4.79 Å². The van der Waals surface area contributed by atoms with Crippen molar-refractivity contribution in [2.75, 3.05) is 7.11 Å². The molecular weight excluding hydrogens is 590 g/mol. The first kappa shape index (κ1) is 25.8. The van der Waals surface area contributed by atoms with Crippen molar-refractivity contribution in [1.82, 2.24) is 14.0 Å². The highest BCUT2D eigenvalue weighted by molar-refractivity contribution is 9.10. The average molecular weight is 615 g/mol. The molecule has 0 atom stereocenters. The number of benzene rings is 3. The Morgan fingerprint density at radius 3 is 2.58 bits per heavy atom. The van der Waals surface area contributed by atoms with Gasteiger partial charge in [-0.05, 0) is 49.4 Å². The van der Waals surface area contributed by atoms with E-state index in [1.165, 1.54) is 11.3 Å². The van der Waals surface area contributed by atoms with Gasteiger partial charge >= 0.3 is 0 Å². The number of halogens is 1. The highest BCUT2D eigenvalue weighted by Crippen LogP contribution is 2.29. The number of ether oxygens (including phenoxy) is 1. The Balaban J connectivity index is 1.56. The normalized spacial score (nSPS) is 12.2. The number of methoxy groups -OCH3 is 1. The van der Waals surface area contributed by atoms with Gasteiger partial charge in [-0.2, -0.15) is 5.10 Å². The van der Waals surface area contributed by atoms with Gasteiger partial charge in [-0.15, -0.1) is 11.3 Å². The van der Waals surface area contributed by atoms with Crippen LogP contribution in [0, 0.1) is 6.92 Å². The van der Waals surface area contributed by atoms with Gasteiger partial charge in [0.1, 0.15) is 17.0 Å². The van der Waals surface area contributed by atoms with E-state index in [4.69, 9.17) is 19.2 Å². The maximum Gasteiger partial charge on any atom is 0.297 e. The molecule has 0 unspecified atom stereocenters. The fourth-order valence-electron chi connectivity index (χ4n) is 4.47. The predicted octanol–water partition coefficient (Wildman–Crippen LogP) is 6.65. The molecule has 200 valence electrons. The minimum absolute atomic E-state index is 0.214. The van der Waals surface area contributed by atoms with Crippen LogP contribution in [0.4, 0.5) is 5.69 Å². The molecule has 0 saturated carbocycles. The molecule has 10 heteroatoms. The molecule has 3 aromatic carbocycles. The minimum Gasteiger partial charge on any atom is -0.496 e. The summed E-state index contributed by atoms with van der Waals surface area (Å²) in [5, 5.41) is 7.72. The quantitative estimate of drug-likeness (QED) is 0.197. The third kappa shape index (κ3) is 4.65. The van der Waals surface area contributed by atoms with Gasteiger partial charge < -0.3 is 9.15 Å². The monoisotopic (exact) mass is 613 g/mol. The summed E-state index contributed by atoms with van der Waals surface area (Å²) < 4.78 is 17.7. The number of hydrogen-bond acceptors (Lipinski definition) is 6. The van der Waals surface area contributed by atoms with Crippen LogP contribution in [-0.2, 0) is 7.05 Å². The average Bonchev–Trinajstić information content (AvgIpc) is 3.63. The molecule has 0 amide bonds. The number of fused-ring (bicyclic) bond motifs is 1. The van der Waals surface area contributed by atoms with Crippen molar-refractivity contribution in [3.8, 4) is 22.9 Å². The number of thiazole rings is 1. The van der Waals surface area contributed by atoms with E-state index in [1.54, 1.807) is 22.7 Å². The summed E-state index contributed by atoms with van der Waals surface area (Å²) in [5.41, 5.74) is 3.89. The van der Waals surface area contributed by atoms with E-state index in [-0.39, 0.29) is 5.56 Å². The van der Waals surface area contributed by atoms with Gasteiger partial charge in [0.25, 0.3) is 5.56 Å². The van der Waals surface area contributed by atoms with Gasteiger partial charge in [0.2, 0.25) is 4.80 Å². The highest BCUT2D eigenvalue weighted by Gasteiger charge is 2.18. The third-order valence-corrected chi connectivity index (χ3v) is 7.91. The Morgan fingerprint density at radius 2 is 1.80 bits per heavy atom. The lowest BCUT2D eigenvalue weighted by Gasteiger charge is -2.07. The van der Waals surface area contributed by atoms with Gasteiger partial charge in [0.05, 0.1) is 24.7 Å². The van der Waals surface area contributed by atoms with Crippen LogP contribution < -0.4 is 15.1 Å². The SMILES string of the molecule is COc1ccc(Br)cc1C=Nn1c(-c2cc3ccccc3o2)csc1=Nc1c(C)n(C)n(-c2ccccc2)c1=O. The summed E-state index contributed by atoms with van der Waals surface area (Å²) in [6, 6.07) is 25.0. The topological polar surface area (TPSA) is 78.9 Å². The number of rotatable bonds is 6. The zero-order chi connectivity index (χ0) is 27.8.